The van der Waals surface area contributed by atoms with Gasteiger partial charge in [-0.2, -0.15) is 0 Å². The number of nitrogens with one attached hydrogen (secondary N) is 1. The Morgan fingerprint density at radius 3 is 2.63 bits per heavy atom. The standard InChI is InChI=1S/C22H23N3O4S/c1-15(2)25-22(27)18-9-8-17(14-20(18)30(25,28)29)21(26)23-11-5-12-24-13-10-16-6-3-4-7-19(16)24/h3-4,6-10,13-15H,5,11-12H2,1-2H3,(H,23,26). The summed E-state index contributed by atoms with van der Waals surface area (Å²) in [4.78, 5) is 24.8. The van der Waals surface area contributed by atoms with E-state index in [1.165, 1.54) is 23.6 Å². The fourth-order valence-electron chi connectivity index (χ4n) is 3.79. The van der Waals surface area contributed by atoms with E-state index in [0.29, 0.717) is 6.54 Å². The lowest BCUT2D eigenvalue weighted by molar-refractivity contribution is 0.0845. The van der Waals surface area contributed by atoms with Gasteiger partial charge in [-0.25, -0.2) is 12.7 Å². The molecule has 0 atom stereocenters. The predicted octanol–water partition coefficient (Wildman–Crippen LogP) is 3.01. The van der Waals surface area contributed by atoms with Gasteiger partial charge >= 0.3 is 0 Å². The third kappa shape index (κ3) is 3.37. The number of aryl methyl sites for hydroxylation is 1. The maximum atomic E-state index is 12.7. The monoisotopic (exact) mass is 425 g/mol. The fourth-order valence-corrected chi connectivity index (χ4v) is 5.58. The number of amides is 2. The van der Waals surface area contributed by atoms with E-state index in [4.69, 9.17) is 0 Å². The van der Waals surface area contributed by atoms with Crippen molar-refractivity contribution in [2.24, 2.45) is 0 Å². The van der Waals surface area contributed by atoms with Crippen molar-refractivity contribution in [1.82, 2.24) is 14.2 Å². The van der Waals surface area contributed by atoms with Crippen LogP contribution in [0.1, 0.15) is 41.0 Å². The zero-order valence-electron chi connectivity index (χ0n) is 16.8. The molecule has 8 heteroatoms. The van der Waals surface area contributed by atoms with E-state index in [-0.39, 0.29) is 21.9 Å². The fraction of sp³-hybridized carbons (Fsp3) is 0.273. The Kier molecular flexibility index (Phi) is 5.11. The van der Waals surface area contributed by atoms with Gasteiger partial charge in [0.05, 0.1) is 5.56 Å². The van der Waals surface area contributed by atoms with Crippen molar-refractivity contribution < 1.29 is 18.0 Å². The zero-order chi connectivity index (χ0) is 21.5. The van der Waals surface area contributed by atoms with Gasteiger partial charge in [-0.05, 0) is 56.0 Å². The molecular formula is C22H23N3O4S. The Balaban J connectivity index is 1.42. The first-order chi connectivity index (χ1) is 14.3. The Bertz CT molecular complexity index is 1240. The number of hydrogen-bond acceptors (Lipinski definition) is 4. The smallest absolute Gasteiger partial charge is 0.269 e. The van der Waals surface area contributed by atoms with Gasteiger partial charge in [0.2, 0.25) is 0 Å². The molecule has 1 aliphatic rings. The highest BCUT2D eigenvalue weighted by molar-refractivity contribution is 7.90. The highest BCUT2D eigenvalue weighted by Gasteiger charge is 2.42. The summed E-state index contributed by atoms with van der Waals surface area (Å²) in [6.45, 7) is 4.49. The van der Waals surface area contributed by atoms with Crippen molar-refractivity contribution in [2.75, 3.05) is 6.54 Å². The van der Waals surface area contributed by atoms with Crippen LogP contribution in [-0.2, 0) is 16.6 Å². The first kappa shape index (κ1) is 20.2. The molecule has 2 amide bonds. The van der Waals surface area contributed by atoms with Gasteiger partial charge in [0, 0.05) is 36.4 Å². The van der Waals surface area contributed by atoms with Gasteiger partial charge in [0.1, 0.15) is 4.90 Å². The van der Waals surface area contributed by atoms with E-state index < -0.39 is 22.0 Å². The van der Waals surface area contributed by atoms with Crippen LogP contribution in [0.15, 0.2) is 59.6 Å². The summed E-state index contributed by atoms with van der Waals surface area (Å²) in [5, 5.41) is 4.00. The van der Waals surface area contributed by atoms with Crippen LogP contribution in [0, 0.1) is 0 Å². The van der Waals surface area contributed by atoms with Crippen LogP contribution in [0.4, 0.5) is 0 Å². The number of carbonyl (C=O) groups is 2. The predicted molar refractivity (Wildman–Crippen MR) is 114 cm³/mol. The second-order valence-electron chi connectivity index (χ2n) is 7.59. The SMILES string of the molecule is CC(C)N1C(=O)c2ccc(C(=O)NCCCn3ccc4ccccc43)cc2S1(=O)=O. The quantitative estimate of drug-likeness (QED) is 0.615. The first-order valence-corrected chi connectivity index (χ1v) is 11.3. The number of hydrogen-bond donors (Lipinski definition) is 1. The molecule has 2 heterocycles. The third-order valence-electron chi connectivity index (χ3n) is 5.22. The summed E-state index contributed by atoms with van der Waals surface area (Å²) < 4.78 is 28.4. The Morgan fingerprint density at radius 1 is 1.10 bits per heavy atom. The number of benzene rings is 2. The van der Waals surface area contributed by atoms with Crippen LogP contribution >= 0.6 is 0 Å². The molecule has 1 aliphatic heterocycles. The molecule has 0 unspecified atom stereocenters. The van der Waals surface area contributed by atoms with Gasteiger partial charge in [0.15, 0.2) is 0 Å². The van der Waals surface area contributed by atoms with Crippen LogP contribution in [0.5, 0.6) is 0 Å². The third-order valence-corrected chi connectivity index (χ3v) is 7.22. The van der Waals surface area contributed by atoms with Gasteiger partial charge < -0.3 is 9.88 Å². The molecule has 1 N–H and O–H groups in total. The molecule has 0 radical (unpaired) electrons. The van der Waals surface area contributed by atoms with Gasteiger partial charge in [-0.1, -0.05) is 18.2 Å². The maximum absolute atomic E-state index is 12.7. The lowest BCUT2D eigenvalue weighted by Gasteiger charge is -2.18. The second-order valence-corrected chi connectivity index (χ2v) is 9.37. The first-order valence-electron chi connectivity index (χ1n) is 9.85. The van der Waals surface area contributed by atoms with Crippen LogP contribution < -0.4 is 5.32 Å². The van der Waals surface area contributed by atoms with Crippen molar-refractivity contribution in [1.29, 1.82) is 0 Å². The van der Waals surface area contributed by atoms with E-state index in [2.05, 4.69) is 28.1 Å². The molecule has 0 fully saturated rings. The average molecular weight is 426 g/mol. The summed E-state index contributed by atoms with van der Waals surface area (Å²) in [6.07, 6.45) is 2.75. The Morgan fingerprint density at radius 2 is 1.87 bits per heavy atom. The zero-order valence-corrected chi connectivity index (χ0v) is 17.6. The lowest BCUT2D eigenvalue weighted by Crippen LogP contribution is -2.36. The summed E-state index contributed by atoms with van der Waals surface area (Å²) in [6, 6.07) is 13.9. The molecule has 2 aromatic carbocycles. The Labute approximate surface area is 175 Å². The number of rotatable bonds is 6. The molecule has 3 aromatic rings. The molecule has 7 nitrogen and oxygen atoms in total. The van der Waals surface area contributed by atoms with E-state index in [1.807, 2.05) is 18.3 Å². The summed E-state index contributed by atoms with van der Waals surface area (Å²) in [5.74, 6) is -0.910. The Hall–Kier alpha value is -3.13. The van der Waals surface area contributed by atoms with Gasteiger partial charge in [-0.15, -0.1) is 0 Å². The van der Waals surface area contributed by atoms with Crippen LogP contribution in [-0.4, -0.2) is 41.7 Å². The molecule has 4 rings (SSSR count). The van der Waals surface area contributed by atoms with E-state index in [1.54, 1.807) is 13.8 Å². The normalized spacial score (nSPS) is 15.0. The molecule has 30 heavy (non-hydrogen) atoms. The topological polar surface area (TPSA) is 88.5 Å². The molecule has 0 saturated heterocycles. The minimum Gasteiger partial charge on any atom is -0.352 e. The molecule has 156 valence electrons. The molecule has 0 saturated carbocycles. The number of fused-ring (bicyclic) bond motifs is 2. The summed E-state index contributed by atoms with van der Waals surface area (Å²) >= 11 is 0. The lowest BCUT2D eigenvalue weighted by atomic mass is 10.1. The second kappa shape index (κ2) is 7.60. The van der Waals surface area contributed by atoms with Crippen molar-refractivity contribution >= 4 is 32.7 Å². The number of carbonyl (C=O) groups excluding carboxylic acids is 2. The molecule has 0 aliphatic carbocycles. The largest absolute Gasteiger partial charge is 0.352 e. The van der Waals surface area contributed by atoms with Crippen LogP contribution in [0.3, 0.4) is 0 Å². The number of para-hydroxylation sites is 1. The number of nitrogens with zero attached hydrogens (tertiary/aromatic N) is 2. The minimum atomic E-state index is -3.93. The molecular weight excluding hydrogens is 402 g/mol. The van der Waals surface area contributed by atoms with E-state index in [0.717, 1.165) is 22.8 Å². The number of aromatic nitrogens is 1. The number of sulfonamides is 1. The maximum Gasteiger partial charge on any atom is 0.269 e. The molecule has 1 aromatic heterocycles. The minimum absolute atomic E-state index is 0.104. The van der Waals surface area contributed by atoms with E-state index in [9.17, 15) is 18.0 Å². The summed E-state index contributed by atoms with van der Waals surface area (Å²) in [5.41, 5.74) is 1.48. The highest BCUT2D eigenvalue weighted by Crippen LogP contribution is 2.32. The molecule has 0 bridgehead atoms. The van der Waals surface area contributed by atoms with Crippen LogP contribution in [0.2, 0.25) is 0 Å². The van der Waals surface area contributed by atoms with Gasteiger partial charge in [-0.3, -0.25) is 9.59 Å². The van der Waals surface area contributed by atoms with Gasteiger partial charge in [0.25, 0.3) is 21.8 Å². The van der Waals surface area contributed by atoms with Crippen molar-refractivity contribution in [2.45, 2.75) is 37.8 Å². The highest BCUT2D eigenvalue weighted by atomic mass is 32.2. The average Bonchev–Trinajstić information content (AvgIpc) is 3.21. The molecule has 0 spiro atoms. The van der Waals surface area contributed by atoms with Crippen LogP contribution in [0.25, 0.3) is 10.9 Å². The van der Waals surface area contributed by atoms with Crippen molar-refractivity contribution in [3.05, 3.63) is 65.9 Å². The summed E-state index contributed by atoms with van der Waals surface area (Å²) in [7, 11) is -3.93. The van der Waals surface area contributed by atoms with E-state index >= 15 is 0 Å². The van der Waals surface area contributed by atoms with Crippen molar-refractivity contribution in [3.63, 3.8) is 0 Å². The van der Waals surface area contributed by atoms with Crippen molar-refractivity contribution in [3.8, 4) is 0 Å².